The zero-order valence-electron chi connectivity index (χ0n) is 15.7. The molecule has 0 unspecified atom stereocenters. The van der Waals surface area contributed by atoms with E-state index in [0.717, 1.165) is 29.9 Å². The molecule has 0 heterocycles. The Hall–Kier alpha value is -2.53. The molecule has 0 aliphatic carbocycles. The van der Waals surface area contributed by atoms with Crippen molar-refractivity contribution >= 4 is 6.47 Å². The summed E-state index contributed by atoms with van der Waals surface area (Å²) in [6.45, 7) is 1.43. The molecule has 0 spiro atoms. The van der Waals surface area contributed by atoms with Gasteiger partial charge in [0.05, 0.1) is 7.11 Å². The van der Waals surface area contributed by atoms with Gasteiger partial charge in [-0.25, -0.2) is 0 Å². The largest absolute Gasteiger partial charge is 0.497 e. The summed E-state index contributed by atoms with van der Waals surface area (Å²) in [4.78, 5) is 12.6. The first-order valence-electron chi connectivity index (χ1n) is 8.70. The van der Waals surface area contributed by atoms with Gasteiger partial charge in [0, 0.05) is 6.54 Å². The number of ether oxygens (including phenoxy) is 3. The Kier molecular flexibility index (Phi) is 7.96. The smallest absolute Gasteiger partial charge is 0.293 e. The van der Waals surface area contributed by atoms with E-state index in [9.17, 15) is 4.79 Å². The van der Waals surface area contributed by atoms with Gasteiger partial charge >= 0.3 is 0 Å². The van der Waals surface area contributed by atoms with Crippen molar-refractivity contribution in [2.45, 2.75) is 18.9 Å². The fourth-order valence-electron chi connectivity index (χ4n) is 2.73. The minimum Gasteiger partial charge on any atom is -0.497 e. The first kappa shape index (κ1) is 19.8. The zero-order chi connectivity index (χ0) is 18.8. The molecule has 26 heavy (non-hydrogen) atoms. The Morgan fingerprint density at radius 3 is 2.42 bits per heavy atom. The van der Waals surface area contributed by atoms with Crippen LogP contribution in [0.15, 0.2) is 48.5 Å². The number of rotatable bonds is 11. The number of benzene rings is 2. The van der Waals surface area contributed by atoms with E-state index < -0.39 is 0 Å². The maximum Gasteiger partial charge on any atom is 0.293 e. The van der Waals surface area contributed by atoms with Gasteiger partial charge in [-0.3, -0.25) is 4.79 Å². The van der Waals surface area contributed by atoms with Crippen LogP contribution in [0, 0.1) is 0 Å². The summed E-state index contributed by atoms with van der Waals surface area (Å²) in [5.41, 5.74) is 2.38. The van der Waals surface area contributed by atoms with Crippen LogP contribution in [0.2, 0.25) is 0 Å². The first-order chi connectivity index (χ1) is 12.6. The van der Waals surface area contributed by atoms with Crippen LogP contribution in [0.4, 0.5) is 0 Å². The second-order valence-corrected chi connectivity index (χ2v) is 6.38. The van der Waals surface area contributed by atoms with Crippen LogP contribution in [0.1, 0.15) is 11.1 Å². The molecule has 0 N–H and O–H groups in total. The quantitative estimate of drug-likeness (QED) is 0.579. The Balaban J connectivity index is 1.96. The average molecular weight is 357 g/mol. The van der Waals surface area contributed by atoms with Gasteiger partial charge in [0.25, 0.3) is 6.47 Å². The van der Waals surface area contributed by atoms with E-state index >= 15 is 0 Å². The molecule has 0 aromatic heterocycles. The molecule has 0 aliphatic heterocycles. The highest BCUT2D eigenvalue weighted by Gasteiger charge is 2.13. The highest BCUT2D eigenvalue weighted by Crippen LogP contribution is 2.21. The Bertz CT molecular complexity index is 670. The number of nitrogens with zero attached hydrogens (tertiary/aromatic N) is 1. The molecule has 5 heteroatoms. The van der Waals surface area contributed by atoms with Crippen LogP contribution in [-0.4, -0.2) is 51.8 Å². The maximum absolute atomic E-state index is 10.7. The van der Waals surface area contributed by atoms with Gasteiger partial charge < -0.3 is 19.1 Å². The summed E-state index contributed by atoms with van der Waals surface area (Å²) in [7, 11) is 5.54. The minimum absolute atomic E-state index is 0.294. The number of hydrogen-bond acceptors (Lipinski definition) is 5. The number of aryl methyl sites for hydroxylation is 2. The van der Waals surface area contributed by atoms with E-state index in [1.807, 2.05) is 49.3 Å². The average Bonchev–Trinajstić information content (AvgIpc) is 2.65. The van der Waals surface area contributed by atoms with Gasteiger partial charge in [-0.15, -0.1) is 0 Å². The molecule has 0 bridgehead atoms. The van der Waals surface area contributed by atoms with Crippen molar-refractivity contribution in [1.29, 1.82) is 0 Å². The first-order valence-corrected chi connectivity index (χ1v) is 8.70. The number of hydrogen-bond donors (Lipinski definition) is 0. The lowest BCUT2D eigenvalue weighted by atomic mass is 10.0. The van der Waals surface area contributed by atoms with Crippen LogP contribution >= 0.6 is 0 Å². The molecule has 140 valence electrons. The topological polar surface area (TPSA) is 48.0 Å². The summed E-state index contributed by atoms with van der Waals surface area (Å²) in [5.74, 6) is 1.69. The van der Waals surface area contributed by atoms with E-state index in [1.54, 1.807) is 7.11 Å². The molecule has 1 atom stereocenters. The third-order valence-corrected chi connectivity index (χ3v) is 4.06. The highest BCUT2D eigenvalue weighted by atomic mass is 16.6. The molecule has 0 saturated carbocycles. The fraction of sp³-hybridized carbons (Fsp3) is 0.381. The number of likely N-dealkylation sites (N-methyl/N-ethyl adjacent to an activating group) is 1. The second kappa shape index (κ2) is 10.5. The fourth-order valence-corrected chi connectivity index (χ4v) is 2.73. The third-order valence-electron chi connectivity index (χ3n) is 4.06. The normalized spacial score (nSPS) is 11.8. The van der Waals surface area contributed by atoms with Crippen molar-refractivity contribution in [2.24, 2.45) is 0 Å². The van der Waals surface area contributed by atoms with E-state index in [1.165, 1.54) is 5.56 Å². The Morgan fingerprint density at radius 2 is 1.77 bits per heavy atom. The van der Waals surface area contributed by atoms with Crippen molar-refractivity contribution in [1.82, 2.24) is 4.90 Å². The van der Waals surface area contributed by atoms with E-state index in [-0.39, 0.29) is 6.10 Å². The number of para-hydroxylation sites is 1. The molecule has 0 amide bonds. The summed E-state index contributed by atoms with van der Waals surface area (Å²) in [6, 6.07) is 16.1. The lowest BCUT2D eigenvalue weighted by molar-refractivity contribution is -0.135. The molecule has 2 rings (SSSR count). The van der Waals surface area contributed by atoms with Crippen LogP contribution in [-0.2, 0) is 22.4 Å². The number of carbonyl (C=O) groups excluding carboxylic acids is 1. The SMILES string of the molecule is COc1ccc(CCc2ccccc2OC[C@@H](CN(C)C)OC=O)cc1. The molecule has 2 aromatic rings. The van der Waals surface area contributed by atoms with Crippen molar-refractivity contribution in [3.63, 3.8) is 0 Å². The van der Waals surface area contributed by atoms with E-state index in [4.69, 9.17) is 14.2 Å². The predicted molar refractivity (Wildman–Crippen MR) is 102 cm³/mol. The van der Waals surface area contributed by atoms with Crippen molar-refractivity contribution < 1.29 is 19.0 Å². The molecular formula is C21H27NO4. The summed E-state index contributed by atoms with van der Waals surface area (Å²) in [5, 5.41) is 0. The molecule has 5 nitrogen and oxygen atoms in total. The van der Waals surface area contributed by atoms with E-state index in [2.05, 4.69) is 18.2 Å². The Labute approximate surface area is 155 Å². The molecular weight excluding hydrogens is 330 g/mol. The van der Waals surface area contributed by atoms with Crippen LogP contribution in [0.25, 0.3) is 0 Å². The third kappa shape index (κ3) is 6.41. The van der Waals surface area contributed by atoms with Gasteiger partial charge in [0.1, 0.15) is 24.2 Å². The second-order valence-electron chi connectivity index (χ2n) is 6.38. The standard InChI is InChI=1S/C21H27NO4/c1-22(2)14-20(26-16-23)15-25-21-7-5-4-6-18(21)11-8-17-9-12-19(24-3)13-10-17/h4-7,9-10,12-13,16,20H,8,11,14-15H2,1-3H3/t20-/m1/s1. The molecule has 0 fully saturated rings. The zero-order valence-corrected chi connectivity index (χ0v) is 15.7. The van der Waals surface area contributed by atoms with Gasteiger partial charge in [0.2, 0.25) is 0 Å². The lowest BCUT2D eigenvalue weighted by Gasteiger charge is -2.20. The number of methoxy groups -OCH3 is 1. The van der Waals surface area contributed by atoms with Gasteiger partial charge in [-0.1, -0.05) is 30.3 Å². The molecule has 0 saturated heterocycles. The maximum atomic E-state index is 10.7. The van der Waals surface area contributed by atoms with Gasteiger partial charge in [-0.05, 0) is 56.3 Å². The van der Waals surface area contributed by atoms with Gasteiger partial charge in [-0.2, -0.15) is 0 Å². The lowest BCUT2D eigenvalue weighted by Crippen LogP contribution is -2.33. The molecule has 0 radical (unpaired) electrons. The highest BCUT2D eigenvalue weighted by molar-refractivity contribution is 5.38. The summed E-state index contributed by atoms with van der Waals surface area (Å²) >= 11 is 0. The van der Waals surface area contributed by atoms with Crippen LogP contribution in [0.5, 0.6) is 11.5 Å². The number of carbonyl (C=O) groups is 1. The molecule has 2 aromatic carbocycles. The minimum atomic E-state index is -0.294. The van der Waals surface area contributed by atoms with Crippen molar-refractivity contribution in [2.75, 3.05) is 34.4 Å². The van der Waals surface area contributed by atoms with Crippen molar-refractivity contribution in [3.8, 4) is 11.5 Å². The van der Waals surface area contributed by atoms with Crippen molar-refractivity contribution in [3.05, 3.63) is 59.7 Å². The summed E-state index contributed by atoms with van der Waals surface area (Å²) < 4.78 is 16.2. The summed E-state index contributed by atoms with van der Waals surface area (Å²) in [6.07, 6.45) is 1.49. The monoisotopic (exact) mass is 357 g/mol. The van der Waals surface area contributed by atoms with Crippen LogP contribution < -0.4 is 9.47 Å². The Morgan fingerprint density at radius 1 is 1.04 bits per heavy atom. The van der Waals surface area contributed by atoms with E-state index in [0.29, 0.717) is 19.6 Å². The van der Waals surface area contributed by atoms with Crippen LogP contribution in [0.3, 0.4) is 0 Å². The van der Waals surface area contributed by atoms with Gasteiger partial charge in [0.15, 0.2) is 0 Å². The molecule has 0 aliphatic rings. The predicted octanol–water partition coefficient (Wildman–Crippen LogP) is 2.96.